The van der Waals surface area contributed by atoms with Crippen LogP contribution in [0.1, 0.15) is 32.3 Å². The molecule has 2 rings (SSSR count). The molecule has 0 aliphatic heterocycles. The molecule has 0 bridgehead atoms. The molecule has 6 nitrogen and oxygen atoms in total. The van der Waals surface area contributed by atoms with Crippen molar-refractivity contribution in [3.05, 3.63) is 47.5 Å². The standard InChI is InChI=1S/C21H23NO5/c1-4-26-19(24)17-14(3)11-16(12-23)18(15-9-7-6-8-10-15)21(17,13-22)20(25)27-5-2/h6-12,14,17-18H,4-5H2,1-3H3/t14-,17-,18+,21+/m0/s1. The molecular weight excluding hydrogens is 346 g/mol. The van der Waals surface area contributed by atoms with E-state index in [9.17, 15) is 19.6 Å². The first-order chi connectivity index (χ1) is 13.0. The predicted octanol–water partition coefficient (Wildman–Crippen LogP) is 2.80. The van der Waals surface area contributed by atoms with Crippen molar-refractivity contribution in [2.75, 3.05) is 13.2 Å². The lowest BCUT2D eigenvalue weighted by molar-refractivity contribution is -0.169. The molecule has 0 radical (unpaired) electrons. The molecule has 0 saturated heterocycles. The minimum absolute atomic E-state index is 0.0494. The van der Waals surface area contributed by atoms with Crippen LogP contribution < -0.4 is 0 Å². The third-order valence-corrected chi connectivity index (χ3v) is 4.87. The van der Waals surface area contributed by atoms with Crippen LogP contribution in [0, 0.1) is 28.6 Å². The van der Waals surface area contributed by atoms with Crippen molar-refractivity contribution < 1.29 is 23.9 Å². The average molecular weight is 369 g/mol. The van der Waals surface area contributed by atoms with E-state index in [2.05, 4.69) is 6.07 Å². The molecule has 4 atom stereocenters. The molecule has 1 aliphatic rings. The van der Waals surface area contributed by atoms with E-state index in [0.29, 0.717) is 11.8 Å². The van der Waals surface area contributed by atoms with E-state index < -0.39 is 35.1 Å². The van der Waals surface area contributed by atoms with Crippen LogP contribution in [0.3, 0.4) is 0 Å². The monoisotopic (exact) mass is 369 g/mol. The van der Waals surface area contributed by atoms with Gasteiger partial charge in [-0.25, -0.2) is 0 Å². The highest BCUT2D eigenvalue weighted by molar-refractivity contribution is 5.93. The Hall–Kier alpha value is -2.94. The Kier molecular flexibility index (Phi) is 6.51. The van der Waals surface area contributed by atoms with E-state index >= 15 is 0 Å². The number of hydrogen-bond donors (Lipinski definition) is 0. The zero-order valence-electron chi connectivity index (χ0n) is 15.7. The van der Waals surface area contributed by atoms with Crippen molar-refractivity contribution in [1.82, 2.24) is 0 Å². The molecule has 1 aliphatic carbocycles. The molecule has 0 unspecified atom stereocenters. The van der Waals surface area contributed by atoms with Crippen LogP contribution in [-0.2, 0) is 23.9 Å². The highest BCUT2D eigenvalue weighted by Crippen LogP contribution is 2.53. The Bertz CT molecular complexity index is 780. The molecule has 0 spiro atoms. The van der Waals surface area contributed by atoms with Gasteiger partial charge in [0.05, 0.1) is 25.2 Å². The number of carbonyl (C=O) groups excluding carboxylic acids is 3. The van der Waals surface area contributed by atoms with Crippen molar-refractivity contribution in [2.45, 2.75) is 26.7 Å². The maximum Gasteiger partial charge on any atom is 0.328 e. The summed E-state index contributed by atoms with van der Waals surface area (Å²) >= 11 is 0. The van der Waals surface area contributed by atoms with Crippen LogP contribution >= 0.6 is 0 Å². The van der Waals surface area contributed by atoms with Crippen LogP contribution in [0.5, 0.6) is 0 Å². The average Bonchev–Trinajstić information content (AvgIpc) is 2.67. The maximum atomic E-state index is 13.1. The summed E-state index contributed by atoms with van der Waals surface area (Å²) in [4.78, 5) is 37.7. The molecule has 1 aromatic carbocycles. The van der Waals surface area contributed by atoms with E-state index in [-0.39, 0.29) is 18.8 Å². The highest BCUT2D eigenvalue weighted by Gasteiger charge is 2.62. The second kappa shape index (κ2) is 8.63. The van der Waals surface area contributed by atoms with Crippen LogP contribution in [0.15, 0.2) is 42.0 Å². The topological polar surface area (TPSA) is 93.5 Å². The molecule has 0 N–H and O–H groups in total. The van der Waals surface area contributed by atoms with Crippen LogP contribution in [0.25, 0.3) is 0 Å². The number of nitriles is 1. The number of hydrogen-bond acceptors (Lipinski definition) is 6. The Morgan fingerprint density at radius 3 is 2.33 bits per heavy atom. The maximum absolute atomic E-state index is 13.1. The molecule has 142 valence electrons. The lowest BCUT2D eigenvalue weighted by atomic mass is 9.56. The van der Waals surface area contributed by atoms with Crippen molar-refractivity contribution in [3.63, 3.8) is 0 Å². The van der Waals surface area contributed by atoms with Crippen LogP contribution in [0.4, 0.5) is 0 Å². The second-order valence-corrected chi connectivity index (χ2v) is 6.42. The Balaban J connectivity index is 2.80. The molecule has 0 saturated carbocycles. The summed E-state index contributed by atoms with van der Waals surface area (Å²) in [6, 6.07) is 10.8. The second-order valence-electron chi connectivity index (χ2n) is 6.42. The van der Waals surface area contributed by atoms with E-state index in [1.165, 1.54) is 0 Å². The normalized spacial score (nSPS) is 27.0. The van der Waals surface area contributed by atoms with Crippen molar-refractivity contribution >= 4 is 18.2 Å². The molecule has 27 heavy (non-hydrogen) atoms. The first kappa shape index (κ1) is 20.4. The zero-order valence-corrected chi connectivity index (χ0v) is 15.7. The molecule has 0 amide bonds. The number of esters is 2. The number of carbonyl (C=O) groups is 3. The summed E-state index contributed by atoms with van der Waals surface area (Å²) in [7, 11) is 0. The number of nitrogens with zero attached hydrogens (tertiary/aromatic N) is 1. The summed E-state index contributed by atoms with van der Waals surface area (Å²) in [6.45, 7) is 5.14. The van der Waals surface area contributed by atoms with Gasteiger partial charge in [0.2, 0.25) is 0 Å². The van der Waals surface area contributed by atoms with Gasteiger partial charge >= 0.3 is 11.9 Å². The fraction of sp³-hybridized carbons (Fsp3) is 0.429. The van der Waals surface area contributed by atoms with Gasteiger partial charge in [-0.15, -0.1) is 0 Å². The molecule has 1 aromatic rings. The first-order valence-electron chi connectivity index (χ1n) is 8.94. The SMILES string of the molecule is CCOC(=O)[C@@H]1[C@@H](C)C=C(C=O)[C@@H](c2ccccc2)[C@]1(C#N)C(=O)OCC. The fourth-order valence-electron chi connectivity index (χ4n) is 3.87. The quantitative estimate of drug-likeness (QED) is 0.565. The van der Waals surface area contributed by atoms with Gasteiger partial charge < -0.3 is 9.47 Å². The summed E-state index contributed by atoms with van der Waals surface area (Å²) in [5.74, 6) is -4.03. The summed E-state index contributed by atoms with van der Waals surface area (Å²) in [6.07, 6.45) is 2.28. The molecule has 6 heteroatoms. The largest absolute Gasteiger partial charge is 0.466 e. The number of rotatable bonds is 6. The van der Waals surface area contributed by atoms with Gasteiger partial charge in [0.25, 0.3) is 0 Å². The molecular formula is C21H23NO5. The molecule has 0 aromatic heterocycles. The minimum Gasteiger partial charge on any atom is -0.466 e. The summed E-state index contributed by atoms with van der Waals surface area (Å²) < 4.78 is 10.4. The Morgan fingerprint density at radius 1 is 1.19 bits per heavy atom. The Morgan fingerprint density at radius 2 is 1.81 bits per heavy atom. The smallest absolute Gasteiger partial charge is 0.328 e. The lowest BCUT2D eigenvalue weighted by Crippen LogP contribution is -2.52. The van der Waals surface area contributed by atoms with Crippen LogP contribution in [-0.4, -0.2) is 31.4 Å². The fourth-order valence-corrected chi connectivity index (χ4v) is 3.87. The van der Waals surface area contributed by atoms with E-state index in [1.807, 2.05) is 0 Å². The van der Waals surface area contributed by atoms with Gasteiger partial charge in [-0.3, -0.25) is 14.4 Å². The van der Waals surface area contributed by atoms with Gasteiger partial charge in [0, 0.05) is 5.92 Å². The molecule has 0 fully saturated rings. The van der Waals surface area contributed by atoms with Gasteiger partial charge in [-0.05, 0) is 30.9 Å². The molecule has 0 heterocycles. The van der Waals surface area contributed by atoms with E-state index in [0.717, 1.165) is 0 Å². The number of allylic oxidation sites excluding steroid dienone is 2. The van der Waals surface area contributed by atoms with Gasteiger partial charge in [-0.1, -0.05) is 43.3 Å². The van der Waals surface area contributed by atoms with E-state index in [4.69, 9.17) is 9.47 Å². The minimum atomic E-state index is -1.89. The first-order valence-corrected chi connectivity index (χ1v) is 8.94. The number of benzene rings is 1. The Labute approximate surface area is 158 Å². The zero-order chi connectivity index (χ0) is 20.0. The number of ether oxygens (including phenoxy) is 2. The summed E-state index contributed by atoms with van der Waals surface area (Å²) in [5, 5.41) is 10.2. The predicted molar refractivity (Wildman–Crippen MR) is 97.3 cm³/mol. The summed E-state index contributed by atoms with van der Waals surface area (Å²) in [5.41, 5.74) is -1.02. The van der Waals surface area contributed by atoms with Crippen molar-refractivity contribution in [1.29, 1.82) is 5.26 Å². The highest BCUT2D eigenvalue weighted by atomic mass is 16.5. The lowest BCUT2D eigenvalue weighted by Gasteiger charge is -2.43. The van der Waals surface area contributed by atoms with Gasteiger partial charge in [0.15, 0.2) is 5.41 Å². The van der Waals surface area contributed by atoms with Gasteiger partial charge in [0.1, 0.15) is 6.29 Å². The van der Waals surface area contributed by atoms with Crippen LogP contribution in [0.2, 0.25) is 0 Å². The van der Waals surface area contributed by atoms with E-state index in [1.54, 1.807) is 57.2 Å². The third-order valence-electron chi connectivity index (χ3n) is 4.87. The number of aldehydes is 1. The van der Waals surface area contributed by atoms with Gasteiger partial charge in [-0.2, -0.15) is 5.26 Å². The third kappa shape index (κ3) is 3.50. The van der Waals surface area contributed by atoms with Crippen molar-refractivity contribution in [2.24, 2.45) is 17.3 Å². The van der Waals surface area contributed by atoms with Crippen molar-refractivity contribution in [3.8, 4) is 6.07 Å².